The van der Waals surface area contributed by atoms with Gasteiger partial charge >= 0.3 is 0 Å². The molecule has 0 unspecified atom stereocenters. The number of anilines is 1. The molecule has 1 heterocycles. The van der Waals surface area contributed by atoms with Gasteiger partial charge in [0, 0.05) is 18.8 Å². The third kappa shape index (κ3) is 4.11. The molecule has 0 radical (unpaired) electrons. The van der Waals surface area contributed by atoms with Crippen molar-refractivity contribution in [2.24, 2.45) is 0 Å². The lowest BCUT2D eigenvalue weighted by molar-refractivity contribution is 0.303. The molecule has 0 saturated heterocycles. The van der Waals surface area contributed by atoms with Crippen LogP contribution < -0.4 is 14.8 Å². The first-order valence-electron chi connectivity index (χ1n) is 6.66. The lowest BCUT2D eigenvalue weighted by Crippen LogP contribution is -2.01. The first kappa shape index (κ1) is 14.7. The van der Waals surface area contributed by atoms with Gasteiger partial charge in [-0.1, -0.05) is 0 Å². The summed E-state index contributed by atoms with van der Waals surface area (Å²) in [5, 5.41) is 12.1. The SMILES string of the molecule is CCNc1cc(COc2cc(C#N)cc(OC)c2)ccn1. The fourth-order valence-corrected chi connectivity index (χ4v) is 1.85. The van der Waals surface area contributed by atoms with Crippen molar-refractivity contribution in [2.75, 3.05) is 19.0 Å². The molecule has 0 spiro atoms. The molecule has 108 valence electrons. The number of rotatable bonds is 6. The molecule has 1 aromatic heterocycles. The van der Waals surface area contributed by atoms with Crippen molar-refractivity contribution >= 4 is 5.82 Å². The van der Waals surface area contributed by atoms with E-state index in [-0.39, 0.29) is 0 Å². The Hall–Kier alpha value is -2.74. The Morgan fingerprint density at radius 2 is 2.05 bits per heavy atom. The molecule has 0 aliphatic rings. The number of nitrogens with zero attached hydrogens (tertiary/aromatic N) is 2. The van der Waals surface area contributed by atoms with Gasteiger partial charge in [0.25, 0.3) is 0 Å². The normalized spacial score (nSPS) is 9.76. The van der Waals surface area contributed by atoms with E-state index >= 15 is 0 Å². The molecule has 5 heteroatoms. The van der Waals surface area contributed by atoms with Crippen LogP contribution in [0.5, 0.6) is 11.5 Å². The van der Waals surface area contributed by atoms with Crippen LogP contribution in [0.25, 0.3) is 0 Å². The van der Waals surface area contributed by atoms with E-state index < -0.39 is 0 Å². The summed E-state index contributed by atoms with van der Waals surface area (Å²) in [6, 6.07) is 11.0. The Balaban J connectivity index is 2.09. The Bertz CT molecular complexity index is 650. The number of ether oxygens (including phenoxy) is 2. The Morgan fingerprint density at radius 1 is 1.24 bits per heavy atom. The maximum absolute atomic E-state index is 8.99. The minimum Gasteiger partial charge on any atom is -0.497 e. The van der Waals surface area contributed by atoms with Crippen molar-refractivity contribution < 1.29 is 9.47 Å². The molecule has 21 heavy (non-hydrogen) atoms. The van der Waals surface area contributed by atoms with Gasteiger partial charge in [-0.05, 0) is 36.8 Å². The highest BCUT2D eigenvalue weighted by molar-refractivity contribution is 5.44. The Morgan fingerprint density at radius 3 is 2.76 bits per heavy atom. The van der Waals surface area contributed by atoms with Gasteiger partial charge in [0.2, 0.25) is 0 Å². The smallest absolute Gasteiger partial charge is 0.126 e. The molecule has 2 aromatic rings. The number of pyridine rings is 1. The van der Waals surface area contributed by atoms with Gasteiger partial charge in [0.05, 0.1) is 18.7 Å². The summed E-state index contributed by atoms with van der Waals surface area (Å²) < 4.78 is 10.9. The van der Waals surface area contributed by atoms with Gasteiger partial charge in [-0.15, -0.1) is 0 Å². The lowest BCUT2D eigenvalue weighted by Gasteiger charge is -2.09. The predicted molar refractivity (Wildman–Crippen MR) is 80.4 cm³/mol. The minimum absolute atomic E-state index is 0.402. The second-order valence-electron chi connectivity index (χ2n) is 4.38. The Labute approximate surface area is 124 Å². The first-order valence-corrected chi connectivity index (χ1v) is 6.66. The van der Waals surface area contributed by atoms with Crippen LogP contribution in [0.15, 0.2) is 36.5 Å². The standard InChI is InChI=1S/C16H17N3O2/c1-3-18-16-8-12(4-5-19-16)11-21-15-7-13(10-17)6-14(9-15)20-2/h4-9H,3,11H2,1-2H3,(H,18,19). The van der Waals surface area contributed by atoms with E-state index in [9.17, 15) is 0 Å². The van der Waals surface area contributed by atoms with E-state index in [0.29, 0.717) is 23.7 Å². The number of methoxy groups -OCH3 is 1. The zero-order valence-electron chi connectivity index (χ0n) is 12.1. The lowest BCUT2D eigenvalue weighted by atomic mass is 10.2. The number of nitriles is 1. The van der Waals surface area contributed by atoms with E-state index in [4.69, 9.17) is 14.7 Å². The summed E-state index contributed by atoms with van der Waals surface area (Å²) >= 11 is 0. The number of benzene rings is 1. The molecule has 2 rings (SSSR count). The van der Waals surface area contributed by atoms with Crippen molar-refractivity contribution in [1.29, 1.82) is 5.26 Å². The topological polar surface area (TPSA) is 67.2 Å². The molecule has 0 amide bonds. The molecule has 0 aliphatic heterocycles. The monoisotopic (exact) mass is 283 g/mol. The minimum atomic E-state index is 0.402. The van der Waals surface area contributed by atoms with Gasteiger partial charge in [-0.25, -0.2) is 4.98 Å². The van der Waals surface area contributed by atoms with Crippen LogP contribution in [0.2, 0.25) is 0 Å². The van der Waals surface area contributed by atoms with Gasteiger partial charge in [-0.3, -0.25) is 0 Å². The first-order chi connectivity index (χ1) is 10.2. The van der Waals surface area contributed by atoms with Crippen LogP contribution in [-0.4, -0.2) is 18.6 Å². The molecule has 0 saturated carbocycles. The number of hydrogen-bond acceptors (Lipinski definition) is 5. The molecule has 0 atom stereocenters. The molecule has 0 aliphatic carbocycles. The molecule has 1 N–H and O–H groups in total. The molecule has 1 aromatic carbocycles. The van der Waals surface area contributed by atoms with E-state index in [0.717, 1.165) is 17.9 Å². The summed E-state index contributed by atoms with van der Waals surface area (Å²) in [6.07, 6.45) is 1.74. The molecule has 0 bridgehead atoms. The summed E-state index contributed by atoms with van der Waals surface area (Å²) in [6.45, 7) is 3.24. The number of nitrogens with one attached hydrogen (secondary N) is 1. The maximum Gasteiger partial charge on any atom is 0.126 e. The highest BCUT2D eigenvalue weighted by atomic mass is 16.5. The number of hydrogen-bond donors (Lipinski definition) is 1. The van der Waals surface area contributed by atoms with Gasteiger partial charge < -0.3 is 14.8 Å². The van der Waals surface area contributed by atoms with Gasteiger partial charge in [0.1, 0.15) is 23.9 Å². The zero-order valence-corrected chi connectivity index (χ0v) is 12.1. The van der Waals surface area contributed by atoms with E-state index in [1.807, 2.05) is 19.1 Å². The van der Waals surface area contributed by atoms with E-state index in [2.05, 4.69) is 16.4 Å². The highest BCUT2D eigenvalue weighted by Crippen LogP contribution is 2.23. The van der Waals surface area contributed by atoms with Crippen molar-refractivity contribution in [3.63, 3.8) is 0 Å². The quantitative estimate of drug-likeness (QED) is 0.882. The second kappa shape index (κ2) is 7.15. The third-order valence-electron chi connectivity index (χ3n) is 2.83. The molecule has 5 nitrogen and oxygen atoms in total. The summed E-state index contributed by atoms with van der Waals surface area (Å²) in [4.78, 5) is 4.21. The van der Waals surface area contributed by atoms with Gasteiger partial charge in [-0.2, -0.15) is 5.26 Å². The fraction of sp³-hybridized carbons (Fsp3) is 0.250. The average molecular weight is 283 g/mol. The van der Waals surface area contributed by atoms with Crippen LogP contribution in [0.4, 0.5) is 5.82 Å². The average Bonchev–Trinajstić information content (AvgIpc) is 2.53. The molecule has 0 fully saturated rings. The highest BCUT2D eigenvalue weighted by Gasteiger charge is 2.03. The van der Waals surface area contributed by atoms with E-state index in [1.165, 1.54) is 0 Å². The van der Waals surface area contributed by atoms with Crippen LogP contribution >= 0.6 is 0 Å². The van der Waals surface area contributed by atoms with E-state index in [1.54, 1.807) is 31.5 Å². The van der Waals surface area contributed by atoms with Crippen molar-refractivity contribution in [2.45, 2.75) is 13.5 Å². The van der Waals surface area contributed by atoms with Crippen LogP contribution in [0.1, 0.15) is 18.1 Å². The molecular weight excluding hydrogens is 266 g/mol. The zero-order chi connectivity index (χ0) is 15.1. The number of aromatic nitrogens is 1. The maximum atomic E-state index is 8.99. The van der Waals surface area contributed by atoms with Crippen LogP contribution in [0.3, 0.4) is 0 Å². The van der Waals surface area contributed by atoms with Crippen molar-refractivity contribution in [3.05, 3.63) is 47.7 Å². The largest absolute Gasteiger partial charge is 0.497 e. The predicted octanol–water partition coefficient (Wildman–Crippen LogP) is 2.97. The van der Waals surface area contributed by atoms with Gasteiger partial charge in [0.15, 0.2) is 0 Å². The summed E-state index contributed by atoms with van der Waals surface area (Å²) in [5.41, 5.74) is 1.51. The van der Waals surface area contributed by atoms with Crippen LogP contribution in [0, 0.1) is 11.3 Å². The third-order valence-corrected chi connectivity index (χ3v) is 2.83. The fourth-order valence-electron chi connectivity index (χ4n) is 1.85. The second-order valence-corrected chi connectivity index (χ2v) is 4.38. The van der Waals surface area contributed by atoms with Crippen molar-refractivity contribution in [1.82, 2.24) is 4.98 Å². The van der Waals surface area contributed by atoms with Crippen molar-refractivity contribution in [3.8, 4) is 17.6 Å². The Kier molecular flexibility index (Phi) is 4.99. The van der Waals surface area contributed by atoms with Crippen LogP contribution in [-0.2, 0) is 6.61 Å². The summed E-state index contributed by atoms with van der Waals surface area (Å²) in [7, 11) is 1.56. The summed E-state index contributed by atoms with van der Waals surface area (Å²) in [5.74, 6) is 2.03. The molecular formula is C16H17N3O2.